The molecule has 0 aromatic carbocycles. The molecule has 2 saturated carbocycles. The molecule has 33 heavy (non-hydrogen) atoms. The maximum atomic E-state index is 12.8. The largest absolute Gasteiger partial charge is 0.438 e. The van der Waals surface area contributed by atoms with Gasteiger partial charge in [-0.2, -0.15) is 0 Å². The summed E-state index contributed by atoms with van der Waals surface area (Å²) in [5.41, 5.74) is -0.980. The Labute approximate surface area is 196 Å². The van der Waals surface area contributed by atoms with Crippen LogP contribution in [0.25, 0.3) is 0 Å². The van der Waals surface area contributed by atoms with E-state index in [1.54, 1.807) is 0 Å². The molecule has 5 aliphatic rings. The highest BCUT2D eigenvalue weighted by atomic mass is 16.7. The maximum absolute atomic E-state index is 12.8. The molecule has 184 valence electrons. The molecule has 4 aliphatic carbocycles. The summed E-state index contributed by atoms with van der Waals surface area (Å²) in [4.78, 5) is 12.6. The van der Waals surface area contributed by atoms with Crippen molar-refractivity contribution in [3.63, 3.8) is 0 Å². The number of amides is 1. The standard InChI is InChI=1S/C26H39NO6/c1-8-27-22(29)32-20-13(2)11-25-14(3)9-17-18(23(17,4)5)16(19(25)28)10-15-12-31-24(6,7)33-21(15)26(20,25)30/h10-11,14,16-21,28,30H,8-9,12H2,1-7H3,(H,27,29)/t14-,16+,17-,18+,19?,20+,21-,25+,26-/m1/s1. The topological polar surface area (TPSA) is 97.3 Å². The first-order chi connectivity index (χ1) is 15.3. The van der Waals surface area contributed by atoms with Crippen LogP contribution in [-0.2, 0) is 14.2 Å². The van der Waals surface area contributed by atoms with Gasteiger partial charge >= 0.3 is 6.09 Å². The van der Waals surface area contributed by atoms with E-state index in [1.807, 2.05) is 33.8 Å². The van der Waals surface area contributed by atoms with E-state index >= 15 is 0 Å². The normalized spacial score (nSPS) is 48.7. The second-order valence-corrected chi connectivity index (χ2v) is 12.0. The molecule has 1 heterocycles. The Bertz CT molecular complexity index is 924. The summed E-state index contributed by atoms with van der Waals surface area (Å²) >= 11 is 0. The predicted molar refractivity (Wildman–Crippen MR) is 122 cm³/mol. The molecule has 7 heteroatoms. The lowest BCUT2D eigenvalue weighted by molar-refractivity contribution is -0.311. The third kappa shape index (κ3) is 2.92. The number of carbonyl (C=O) groups excluding carboxylic acids is 1. The molecule has 5 rings (SSSR count). The number of alkyl carbamates (subject to hydrolysis) is 1. The van der Waals surface area contributed by atoms with Crippen molar-refractivity contribution >= 4 is 6.09 Å². The van der Waals surface area contributed by atoms with Crippen LogP contribution in [0.3, 0.4) is 0 Å². The highest BCUT2D eigenvalue weighted by Crippen LogP contribution is 2.73. The molecule has 1 saturated heterocycles. The number of fused-ring (bicyclic) bond motifs is 5. The zero-order valence-electron chi connectivity index (χ0n) is 20.8. The van der Waals surface area contributed by atoms with Gasteiger partial charge in [0.2, 0.25) is 0 Å². The van der Waals surface area contributed by atoms with Crippen LogP contribution < -0.4 is 5.32 Å². The molecule has 1 spiro atoms. The van der Waals surface area contributed by atoms with Crippen molar-refractivity contribution in [2.75, 3.05) is 13.2 Å². The summed E-state index contributed by atoms with van der Waals surface area (Å²) in [5, 5.41) is 27.6. The van der Waals surface area contributed by atoms with Crippen molar-refractivity contribution in [3.05, 3.63) is 23.3 Å². The number of hydrogen-bond acceptors (Lipinski definition) is 6. The van der Waals surface area contributed by atoms with Crippen LogP contribution in [0.2, 0.25) is 0 Å². The van der Waals surface area contributed by atoms with Gasteiger partial charge in [0.1, 0.15) is 11.7 Å². The van der Waals surface area contributed by atoms with E-state index in [1.165, 1.54) is 0 Å². The summed E-state index contributed by atoms with van der Waals surface area (Å²) in [6, 6.07) is 0. The van der Waals surface area contributed by atoms with Crippen LogP contribution in [0.15, 0.2) is 23.3 Å². The van der Waals surface area contributed by atoms with Gasteiger partial charge in [0.25, 0.3) is 0 Å². The van der Waals surface area contributed by atoms with Crippen molar-refractivity contribution in [1.29, 1.82) is 0 Å². The van der Waals surface area contributed by atoms with E-state index in [9.17, 15) is 15.0 Å². The highest BCUT2D eigenvalue weighted by Gasteiger charge is 2.77. The van der Waals surface area contributed by atoms with Gasteiger partial charge in [-0.05, 0) is 68.4 Å². The molecule has 0 radical (unpaired) electrons. The van der Waals surface area contributed by atoms with Crippen LogP contribution in [0.5, 0.6) is 0 Å². The minimum Gasteiger partial charge on any atom is -0.438 e. The van der Waals surface area contributed by atoms with Gasteiger partial charge in [0.05, 0.1) is 18.1 Å². The molecule has 0 aromatic rings. The van der Waals surface area contributed by atoms with Gasteiger partial charge in [0, 0.05) is 12.5 Å². The Kier molecular flexibility index (Phi) is 4.99. The number of aliphatic hydroxyl groups is 2. The number of carbonyl (C=O) groups is 1. The van der Waals surface area contributed by atoms with E-state index in [0.29, 0.717) is 25.0 Å². The quantitative estimate of drug-likeness (QED) is 0.547. The molecule has 9 atom stereocenters. The van der Waals surface area contributed by atoms with Crippen LogP contribution in [0, 0.1) is 34.5 Å². The molecule has 7 nitrogen and oxygen atoms in total. The second-order valence-electron chi connectivity index (χ2n) is 12.0. The summed E-state index contributed by atoms with van der Waals surface area (Å²) in [6.07, 6.45) is 1.87. The van der Waals surface area contributed by atoms with E-state index < -0.39 is 41.2 Å². The Balaban J connectivity index is 1.71. The van der Waals surface area contributed by atoms with E-state index in [0.717, 1.165) is 17.6 Å². The van der Waals surface area contributed by atoms with E-state index in [4.69, 9.17) is 14.2 Å². The number of rotatable bonds is 2. The number of nitrogens with one attached hydrogen (secondary N) is 1. The monoisotopic (exact) mass is 461 g/mol. The highest BCUT2D eigenvalue weighted by molar-refractivity contribution is 5.68. The summed E-state index contributed by atoms with van der Waals surface area (Å²) in [7, 11) is 0. The van der Waals surface area contributed by atoms with Crippen LogP contribution in [0.1, 0.15) is 54.9 Å². The Morgan fingerprint density at radius 1 is 1.30 bits per heavy atom. The fourth-order valence-corrected chi connectivity index (χ4v) is 7.90. The molecule has 3 N–H and O–H groups in total. The molecular formula is C26H39NO6. The first-order valence-electron chi connectivity index (χ1n) is 12.4. The van der Waals surface area contributed by atoms with Gasteiger partial charge in [-0.3, -0.25) is 0 Å². The van der Waals surface area contributed by atoms with Gasteiger partial charge in [-0.15, -0.1) is 0 Å². The van der Waals surface area contributed by atoms with Crippen LogP contribution in [0.4, 0.5) is 4.79 Å². The summed E-state index contributed by atoms with van der Waals surface area (Å²) < 4.78 is 18.3. The third-order valence-corrected chi connectivity index (χ3v) is 9.48. The van der Waals surface area contributed by atoms with Crippen molar-refractivity contribution in [3.8, 4) is 0 Å². The average molecular weight is 462 g/mol. The number of aliphatic hydroxyl groups excluding tert-OH is 1. The SMILES string of the molecule is CCNC(=O)O[C@H]1C(C)=C[C@]23C(O)[C@@H](C=C4COC(C)(C)O[C@H]4[C@]12O)[C@H]1[C@@H](C[C@H]3C)C1(C)C. The fourth-order valence-electron chi connectivity index (χ4n) is 7.90. The lowest BCUT2D eigenvalue weighted by atomic mass is 9.58. The minimum absolute atomic E-state index is 0.0446. The Morgan fingerprint density at radius 2 is 2.00 bits per heavy atom. The Morgan fingerprint density at radius 3 is 2.67 bits per heavy atom. The lowest BCUT2D eigenvalue weighted by Crippen LogP contribution is -2.69. The minimum atomic E-state index is -1.66. The van der Waals surface area contributed by atoms with E-state index in [-0.39, 0.29) is 17.3 Å². The zero-order valence-corrected chi connectivity index (χ0v) is 20.8. The van der Waals surface area contributed by atoms with Crippen molar-refractivity contribution in [1.82, 2.24) is 5.32 Å². The number of ether oxygens (including phenoxy) is 3. The molecule has 3 fully saturated rings. The Hall–Kier alpha value is -1.41. The summed E-state index contributed by atoms with van der Waals surface area (Å²) in [6.45, 7) is 14.8. The average Bonchev–Trinajstić information content (AvgIpc) is 3.21. The third-order valence-electron chi connectivity index (χ3n) is 9.48. The smallest absolute Gasteiger partial charge is 0.407 e. The summed E-state index contributed by atoms with van der Waals surface area (Å²) in [5.74, 6) is -0.325. The van der Waals surface area contributed by atoms with Gasteiger partial charge < -0.3 is 29.7 Å². The molecule has 1 unspecified atom stereocenters. The molecule has 1 aliphatic heterocycles. The van der Waals surface area contributed by atoms with Gasteiger partial charge in [-0.1, -0.05) is 32.9 Å². The van der Waals surface area contributed by atoms with Gasteiger partial charge in [-0.25, -0.2) is 4.79 Å². The van der Waals surface area contributed by atoms with E-state index in [2.05, 4.69) is 32.2 Å². The lowest BCUT2D eigenvalue weighted by Gasteiger charge is -2.55. The number of hydrogen-bond donors (Lipinski definition) is 3. The first kappa shape index (κ1) is 23.3. The second kappa shape index (κ2) is 7.06. The van der Waals surface area contributed by atoms with Crippen molar-refractivity contribution in [2.24, 2.45) is 34.5 Å². The predicted octanol–water partition coefficient (Wildman–Crippen LogP) is 3.16. The molecule has 2 bridgehead atoms. The van der Waals surface area contributed by atoms with Crippen molar-refractivity contribution in [2.45, 2.75) is 84.6 Å². The van der Waals surface area contributed by atoms with Crippen molar-refractivity contribution < 1.29 is 29.2 Å². The zero-order chi connectivity index (χ0) is 24.1. The molecular weight excluding hydrogens is 422 g/mol. The van der Waals surface area contributed by atoms with Gasteiger partial charge in [0.15, 0.2) is 11.9 Å². The molecule has 0 aromatic heterocycles. The van der Waals surface area contributed by atoms with Crippen LogP contribution >= 0.6 is 0 Å². The maximum Gasteiger partial charge on any atom is 0.407 e. The van der Waals surface area contributed by atoms with Crippen LogP contribution in [-0.4, -0.2) is 59.2 Å². The molecule has 1 amide bonds. The fraction of sp³-hybridized carbons (Fsp3) is 0.808. The first-order valence-corrected chi connectivity index (χ1v) is 12.4.